The molecule has 1 aromatic rings. The number of nitrogens with zero attached hydrogens (tertiary/aromatic N) is 1. The van der Waals surface area contributed by atoms with Crippen LogP contribution < -0.4 is 15.8 Å². The van der Waals surface area contributed by atoms with Crippen molar-refractivity contribution in [2.45, 2.75) is 26.1 Å². The molecule has 0 bridgehead atoms. The Morgan fingerprint density at radius 2 is 1.87 bits per heavy atom. The summed E-state index contributed by atoms with van der Waals surface area (Å²) >= 11 is 0. The Labute approximate surface area is 133 Å². The van der Waals surface area contributed by atoms with E-state index in [4.69, 9.17) is 5.73 Å². The maximum atomic E-state index is 12.1. The molecule has 3 N–H and O–H groups in total. The van der Waals surface area contributed by atoms with Gasteiger partial charge in [0.05, 0.1) is 5.69 Å². The largest absolute Gasteiger partial charge is 0.573 e. The topological polar surface area (TPSA) is 59.6 Å². The minimum atomic E-state index is -4.69. The van der Waals surface area contributed by atoms with Crippen LogP contribution in [0.5, 0.6) is 5.75 Å². The summed E-state index contributed by atoms with van der Waals surface area (Å²) in [5.41, 5.74) is 8.07. The molecular formula is C16H20F3N3O. The molecule has 1 saturated heterocycles. The standard InChI is InChI=1S/C16H20F3N3O/c1-11(15(10-20)12-6-8-21-9-7-12)22-13-2-4-14(5-3-13)23-16(17,18)19/h2-5,10,12,21H,6-9,20H2,1H3/b15-10+,22-11?. The molecule has 23 heavy (non-hydrogen) atoms. The number of ether oxygens (including phenoxy) is 1. The lowest BCUT2D eigenvalue weighted by atomic mass is 9.88. The van der Waals surface area contributed by atoms with E-state index in [0.29, 0.717) is 11.6 Å². The van der Waals surface area contributed by atoms with Crippen LogP contribution >= 0.6 is 0 Å². The van der Waals surface area contributed by atoms with Crippen molar-refractivity contribution in [2.75, 3.05) is 13.1 Å². The number of benzene rings is 1. The lowest BCUT2D eigenvalue weighted by molar-refractivity contribution is -0.274. The first-order valence-electron chi connectivity index (χ1n) is 7.43. The lowest BCUT2D eigenvalue weighted by Gasteiger charge is -2.25. The Balaban J connectivity index is 2.10. The fourth-order valence-electron chi connectivity index (χ4n) is 2.67. The van der Waals surface area contributed by atoms with Gasteiger partial charge in [0.15, 0.2) is 0 Å². The number of piperidine rings is 1. The van der Waals surface area contributed by atoms with Gasteiger partial charge in [0.1, 0.15) is 5.75 Å². The van der Waals surface area contributed by atoms with E-state index in [9.17, 15) is 13.2 Å². The third-order valence-electron chi connectivity index (χ3n) is 3.74. The van der Waals surface area contributed by atoms with Crippen LogP contribution in [0.15, 0.2) is 41.0 Å². The van der Waals surface area contributed by atoms with Crippen LogP contribution in [0.2, 0.25) is 0 Å². The lowest BCUT2D eigenvalue weighted by Crippen LogP contribution is -2.30. The van der Waals surface area contributed by atoms with Gasteiger partial charge in [-0.2, -0.15) is 0 Å². The third kappa shape index (κ3) is 5.28. The average molecular weight is 327 g/mol. The quantitative estimate of drug-likeness (QED) is 0.832. The maximum Gasteiger partial charge on any atom is 0.573 e. The summed E-state index contributed by atoms with van der Waals surface area (Å²) < 4.78 is 40.2. The van der Waals surface area contributed by atoms with Crippen LogP contribution in [-0.2, 0) is 0 Å². The summed E-state index contributed by atoms with van der Waals surface area (Å²) in [6.07, 6.45) is -1.12. The molecule has 0 aliphatic carbocycles. The number of nitrogens with one attached hydrogen (secondary N) is 1. The highest BCUT2D eigenvalue weighted by atomic mass is 19.4. The first kappa shape index (κ1) is 17.3. The zero-order chi connectivity index (χ0) is 16.9. The molecule has 7 heteroatoms. The van der Waals surface area contributed by atoms with Crippen molar-refractivity contribution in [2.24, 2.45) is 16.6 Å². The molecule has 0 amide bonds. The molecule has 0 unspecified atom stereocenters. The van der Waals surface area contributed by atoms with Crippen LogP contribution in [0.3, 0.4) is 0 Å². The Morgan fingerprint density at radius 1 is 1.26 bits per heavy atom. The van der Waals surface area contributed by atoms with Gasteiger partial charge in [0.25, 0.3) is 0 Å². The van der Waals surface area contributed by atoms with E-state index in [2.05, 4.69) is 15.0 Å². The third-order valence-corrected chi connectivity index (χ3v) is 3.74. The van der Waals surface area contributed by atoms with Crippen molar-refractivity contribution in [3.05, 3.63) is 36.0 Å². The minimum absolute atomic E-state index is 0.262. The summed E-state index contributed by atoms with van der Waals surface area (Å²) in [6, 6.07) is 5.47. The highest BCUT2D eigenvalue weighted by Crippen LogP contribution is 2.27. The molecule has 0 atom stereocenters. The second-order valence-corrected chi connectivity index (χ2v) is 5.39. The number of alkyl halides is 3. The summed E-state index contributed by atoms with van der Waals surface area (Å²) in [6.45, 7) is 3.75. The Hall–Kier alpha value is -2.02. The van der Waals surface area contributed by atoms with Gasteiger partial charge in [-0.15, -0.1) is 13.2 Å². The zero-order valence-corrected chi connectivity index (χ0v) is 12.9. The van der Waals surface area contributed by atoms with Crippen molar-refractivity contribution in [3.8, 4) is 5.75 Å². The van der Waals surface area contributed by atoms with Crippen LogP contribution in [0.4, 0.5) is 18.9 Å². The van der Waals surface area contributed by atoms with Gasteiger partial charge in [-0.3, -0.25) is 4.99 Å². The molecule has 1 aliphatic rings. The zero-order valence-electron chi connectivity index (χ0n) is 12.9. The SMILES string of the molecule is CC(=Nc1ccc(OC(F)(F)F)cc1)/C(=C\N)C1CCNCC1. The normalized spacial score (nSPS) is 18.1. The predicted octanol–water partition coefficient (Wildman–Crippen LogP) is 3.52. The summed E-state index contributed by atoms with van der Waals surface area (Å²) in [4.78, 5) is 4.45. The van der Waals surface area contributed by atoms with Crippen LogP contribution in [0.1, 0.15) is 19.8 Å². The smallest absolute Gasteiger partial charge is 0.406 e. The molecule has 0 saturated carbocycles. The molecule has 2 rings (SSSR count). The monoisotopic (exact) mass is 327 g/mol. The molecule has 4 nitrogen and oxygen atoms in total. The number of allylic oxidation sites excluding steroid dienone is 1. The molecule has 126 valence electrons. The van der Waals surface area contributed by atoms with E-state index in [1.807, 2.05) is 6.92 Å². The van der Waals surface area contributed by atoms with Gasteiger partial charge in [0, 0.05) is 5.71 Å². The number of hydrogen-bond donors (Lipinski definition) is 2. The minimum Gasteiger partial charge on any atom is -0.406 e. The van der Waals surface area contributed by atoms with Crippen LogP contribution in [-0.4, -0.2) is 25.2 Å². The van der Waals surface area contributed by atoms with E-state index in [0.717, 1.165) is 37.2 Å². The van der Waals surface area contributed by atoms with Gasteiger partial charge in [-0.05, 0) is 74.8 Å². The second-order valence-electron chi connectivity index (χ2n) is 5.39. The molecule has 1 heterocycles. The van der Waals surface area contributed by atoms with Gasteiger partial charge in [0.2, 0.25) is 0 Å². The Bertz CT molecular complexity index is 573. The van der Waals surface area contributed by atoms with Gasteiger partial charge < -0.3 is 15.8 Å². The predicted molar refractivity (Wildman–Crippen MR) is 83.8 cm³/mol. The Kier molecular flexibility index (Phi) is 5.65. The molecule has 0 aromatic heterocycles. The van der Waals surface area contributed by atoms with Gasteiger partial charge in [-0.1, -0.05) is 0 Å². The molecular weight excluding hydrogens is 307 g/mol. The first-order valence-corrected chi connectivity index (χ1v) is 7.43. The van der Waals surface area contributed by atoms with Gasteiger partial charge in [-0.25, -0.2) is 0 Å². The fraction of sp³-hybridized carbons (Fsp3) is 0.438. The van der Waals surface area contributed by atoms with E-state index < -0.39 is 6.36 Å². The van der Waals surface area contributed by atoms with Crippen molar-refractivity contribution in [1.82, 2.24) is 5.32 Å². The van der Waals surface area contributed by atoms with Crippen molar-refractivity contribution >= 4 is 11.4 Å². The number of hydrogen-bond acceptors (Lipinski definition) is 4. The molecule has 1 fully saturated rings. The van der Waals surface area contributed by atoms with Crippen LogP contribution in [0.25, 0.3) is 0 Å². The van der Waals surface area contributed by atoms with Crippen molar-refractivity contribution in [3.63, 3.8) is 0 Å². The Morgan fingerprint density at radius 3 is 2.39 bits per heavy atom. The number of rotatable bonds is 4. The molecule has 1 aliphatic heterocycles. The highest BCUT2D eigenvalue weighted by Gasteiger charge is 2.30. The molecule has 1 aromatic carbocycles. The van der Waals surface area contributed by atoms with Gasteiger partial charge >= 0.3 is 6.36 Å². The molecule has 0 spiro atoms. The fourth-order valence-corrected chi connectivity index (χ4v) is 2.67. The number of halogens is 3. The first-order chi connectivity index (χ1) is 10.9. The van der Waals surface area contributed by atoms with Crippen molar-refractivity contribution < 1.29 is 17.9 Å². The maximum absolute atomic E-state index is 12.1. The van der Waals surface area contributed by atoms with Crippen molar-refractivity contribution in [1.29, 1.82) is 0 Å². The number of aliphatic imine (C=N–C) groups is 1. The van der Waals surface area contributed by atoms with E-state index in [-0.39, 0.29) is 5.75 Å². The summed E-state index contributed by atoms with van der Waals surface area (Å²) in [5.74, 6) is 0.0971. The summed E-state index contributed by atoms with van der Waals surface area (Å²) in [7, 11) is 0. The highest BCUT2D eigenvalue weighted by molar-refractivity contribution is 6.00. The van der Waals surface area contributed by atoms with Crippen LogP contribution in [0, 0.1) is 5.92 Å². The average Bonchev–Trinajstić information content (AvgIpc) is 2.50. The van der Waals surface area contributed by atoms with E-state index >= 15 is 0 Å². The second kappa shape index (κ2) is 7.50. The van der Waals surface area contributed by atoms with E-state index in [1.54, 1.807) is 6.20 Å². The number of nitrogens with two attached hydrogens (primary N) is 1. The van der Waals surface area contributed by atoms with E-state index in [1.165, 1.54) is 24.3 Å². The molecule has 0 radical (unpaired) electrons. The summed E-state index contributed by atoms with van der Waals surface area (Å²) in [5, 5.41) is 3.29.